The summed E-state index contributed by atoms with van der Waals surface area (Å²) < 4.78 is 17.0. The Kier molecular flexibility index (Phi) is 11.0. The van der Waals surface area contributed by atoms with Crippen LogP contribution in [-0.4, -0.2) is 37.6 Å². The summed E-state index contributed by atoms with van der Waals surface area (Å²) in [6.07, 6.45) is 1.06. The van der Waals surface area contributed by atoms with Crippen LogP contribution in [0.3, 0.4) is 0 Å². The summed E-state index contributed by atoms with van der Waals surface area (Å²) in [6, 6.07) is 27.2. The minimum atomic E-state index is -0.286. The van der Waals surface area contributed by atoms with Crippen LogP contribution in [0.5, 0.6) is 17.2 Å². The molecule has 5 heteroatoms. The average molecular weight is 450 g/mol. The molecule has 1 unspecified atom stereocenters. The molecule has 5 nitrogen and oxygen atoms in total. The van der Waals surface area contributed by atoms with Gasteiger partial charge in [0.25, 0.3) is 0 Å². The van der Waals surface area contributed by atoms with Crippen molar-refractivity contribution in [1.82, 2.24) is 4.90 Å². The van der Waals surface area contributed by atoms with Crippen LogP contribution in [-0.2, 0) is 4.79 Å². The van der Waals surface area contributed by atoms with Gasteiger partial charge in [0.2, 0.25) is 0 Å². The number of hydrogen-bond acceptors (Lipinski definition) is 5. The molecule has 3 aromatic rings. The number of benzene rings is 3. The van der Waals surface area contributed by atoms with Gasteiger partial charge in [-0.15, -0.1) is 0 Å². The Labute approximate surface area is 197 Å². The standard InChI is InChI=1S/C20H27NO2.C8H8O2/c1-16(2)22-19-12-8-9-13-20(19)23-18(14-15-21(3)4)17-10-6-5-7-11-17;1-7(9)10-8-5-3-2-4-6-8/h5-13,16,18H,14-15H2,1-4H3;2-6H,1H3. The maximum absolute atomic E-state index is 10.4. The molecular formula is C28H35NO4. The highest BCUT2D eigenvalue weighted by Gasteiger charge is 2.16. The van der Waals surface area contributed by atoms with E-state index in [1.165, 1.54) is 12.5 Å². The molecule has 0 saturated carbocycles. The highest BCUT2D eigenvalue weighted by molar-refractivity contribution is 5.69. The van der Waals surface area contributed by atoms with E-state index in [1.807, 2.05) is 62.4 Å². The van der Waals surface area contributed by atoms with Gasteiger partial charge in [0.1, 0.15) is 11.9 Å². The number of carbonyl (C=O) groups is 1. The fourth-order valence-corrected chi connectivity index (χ4v) is 3.04. The van der Waals surface area contributed by atoms with Crippen LogP contribution in [0.1, 0.15) is 38.9 Å². The lowest BCUT2D eigenvalue weighted by atomic mass is 10.1. The monoisotopic (exact) mass is 449 g/mol. The van der Waals surface area contributed by atoms with Crippen molar-refractivity contribution in [2.75, 3.05) is 20.6 Å². The Morgan fingerprint density at radius 3 is 1.82 bits per heavy atom. The fourth-order valence-electron chi connectivity index (χ4n) is 3.04. The van der Waals surface area contributed by atoms with Gasteiger partial charge >= 0.3 is 5.97 Å². The third kappa shape index (κ3) is 10.2. The molecule has 0 saturated heterocycles. The summed E-state index contributed by atoms with van der Waals surface area (Å²) in [5.74, 6) is 1.91. The van der Waals surface area contributed by atoms with Gasteiger partial charge in [0, 0.05) is 19.9 Å². The molecule has 0 fully saturated rings. The number of nitrogens with zero attached hydrogens (tertiary/aromatic N) is 1. The van der Waals surface area contributed by atoms with Gasteiger partial charge in [-0.1, -0.05) is 60.7 Å². The van der Waals surface area contributed by atoms with E-state index in [-0.39, 0.29) is 18.2 Å². The van der Waals surface area contributed by atoms with Crippen molar-refractivity contribution in [2.45, 2.75) is 39.4 Å². The van der Waals surface area contributed by atoms with Crippen molar-refractivity contribution in [3.63, 3.8) is 0 Å². The van der Waals surface area contributed by atoms with Gasteiger partial charge in [-0.3, -0.25) is 4.79 Å². The molecule has 0 aliphatic carbocycles. The molecule has 1 atom stereocenters. The molecule has 3 rings (SSSR count). The zero-order valence-electron chi connectivity index (χ0n) is 20.2. The summed E-state index contributed by atoms with van der Waals surface area (Å²) >= 11 is 0. The summed E-state index contributed by atoms with van der Waals surface area (Å²) in [5, 5.41) is 0. The number of ether oxygens (including phenoxy) is 3. The maximum atomic E-state index is 10.4. The zero-order valence-corrected chi connectivity index (χ0v) is 20.2. The first-order chi connectivity index (χ1) is 15.8. The van der Waals surface area contributed by atoms with E-state index >= 15 is 0 Å². The van der Waals surface area contributed by atoms with E-state index in [2.05, 4.69) is 43.3 Å². The molecule has 0 spiro atoms. The predicted molar refractivity (Wildman–Crippen MR) is 133 cm³/mol. The number of rotatable bonds is 9. The highest BCUT2D eigenvalue weighted by Crippen LogP contribution is 2.33. The Hall–Kier alpha value is -3.31. The van der Waals surface area contributed by atoms with Crippen molar-refractivity contribution in [3.8, 4) is 17.2 Å². The fraction of sp³-hybridized carbons (Fsp3) is 0.321. The molecule has 0 radical (unpaired) electrons. The molecule has 3 aromatic carbocycles. The van der Waals surface area contributed by atoms with E-state index in [4.69, 9.17) is 14.2 Å². The van der Waals surface area contributed by atoms with Crippen molar-refractivity contribution in [3.05, 3.63) is 90.5 Å². The molecule has 0 heterocycles. The normalized spacial score (nSPS) is 11.4. The second-order valence-electron chi connectivity index (χ2n) is 8.13. The van der Waals surface area contributed by atoms with Crippen LogP contribution in [0, 0.1) is 0 Å². The van der Waals surface area contributed by atoms with E-state index in [9.17, 15) is 4.79 Å². The lowest BCUT2D eigenvalue weighted by molar-refractivity contribution is -0.131. The maximum Gasteiger partial charge on any atom is 0.308 e. The van der Waals surface area contributed by atoms with Crippen LogP contribution in [0.15, 0.2) is 84.9 Å². The summed E-state index contributed by atoms with van der Waals surface area (Å²) in [4.78, 5) is 12.6. The SMILES string of the molecule is CC(=O)Oc1ccccc1.CC(C)Oc1ccccc1OC(CCN(C)C)c1ccccc1. The Balaban J connectivity index is 0.000000321. The Morgan fingerprint density at radius 2 is 1.30 bits per heavy atom. The van der Waals surface area contributed by atoms with Crippen LogP contribution < -0.4 is 14.2 Å². The van der Waals surface area contributed by atoms with Crippen molar-refractivity contribution in [2.24, 2.45) is 0 Å². The van der Waals surface area contributed by atoms with Crippen LogP contribution in [0.4, 0.5) is 0 Å². The summed E-state index contributed by atoms with van der Waals surface area (Å²) in [7, 11) is 4.16. The molecule has 0 aliphatic heterocycles. The molecule has 0 bridgehead atoms. The van der Waals surface area contributed by atoms with E-state index < -0.39 is 0 Å². The van der Waals surface area contributed by atoms with E-state index in [1.54, 1.807) is 12.1 Å². The van der Waals surface area contributed by atoms with Gasteiger partial charge in [0.15, 0.2) is 11.5 Å². The largest absolute Gasteiger partial charge is 0.487 e. The number of para-hydroxylation sites is 3. The third-order valence-electron chi connectivity index (χ3n) is 4.50. The Bertz CT molecular complexity index is 942. The number of hydrogen-bond donors (Lipinski definition) is 0. The van der Waals surface area contributed by atoms with Gasteiger partial charge in [-0.05, 0) is 57.8 Å². The minimum absolute atomic E-state index is 0.00973. The second kappa shape index (κ2) is 14.0. The number of esters is 1. The van der Waals surface area contributed by atoms with Crippen LogP contribution in [0.25, 0.3) is 0 Å². The van der Waals surface area contributed by atoms with Crippen molar-refractivity contribution < 1.29 is 19.0 Å². The lowest BCUT2D eigenvalue weighted by Crippen LogP contribution is -2.19. The van der Waals surface area contributed by atoms with Crippen LogP contribution >= 0.6 is 0 Å². The second-order valence-corrected chi connectivity index (χ2v) is 8.13. The van der Waals surface area contributed by atoms with Crippen molar-refractivity contribution in [1.29, 1.82) is 0 Å². The van der Waals surface area contributed by atoms with Gasteiger partial charge in [-0.25, -0.2) is 0 Å². The smallest absolute Gasteiger partial charge is 0.308 e. The molecule has 0 N–H and O–H groups in total. The summed E-state index contributed by atoms with van der Waals surface area (Å²) in [5.41, 5.74) is 1.19. The zero-order chi connectivity index (χ0) is 24.1. The number of carbonyl (C=O) groups excluding carboxylic acids is 1. The molecular weight excluding hydrogens is 414 g/mol. The lowest BCUT2D eigenvalue weighted by Gasteiger charge is -2.23. The molecule has 33 heavy (non-hydrogen) atoms. The molecule has 176 valence electrons. The first-order valence-corrected chi connectivity index (χ1v) is 11.2. The quantitative estimate of drug-likeness (QED) is 0.289. The first kappa shape index (κ1) is 25.9. The molecule has 0 aliphatic rings. The van der Waals surface area contributed by atoms with Gasteiger partial charge < -0.3 is 19.1 Å². The van der Waals surface area contributed by atoms with Gasteiger partial charge in [-0.2, -0.15) is 0 Å². The van der Waals surface area contributed by atoms with E-state index in [0.29, 0.717) is 5.75 Å². The highest BCUT2D eigenvalue weighted by atomic mass is 16.5. The predicted octanol–water partition coefficient (Wildman–Crippen LogP) is 6.16. The van der Waals surface area contributed by atoms with Crippen LogP contribution in [0.2, 0.25) is 0 Å². The minimum Gasteiger partial charge on any atom is -0.487 e. The van der Waals surface area contributed by atoms with Gasteiger partial charge in [0.05, 0.1) is 6.10 Å². The third-order valence-corrected chi connectivity index (χ3v) is 4.50. The molecule has 0 amide bonds. The Morgan fingerprint density at radius 1 is 0.788 bits per heavy atom. The van der Waals surface area contributed by atoms with Crippen molar-refractivity contribution >= 4 is 5.97 Å². The van der Waals surface area contributed by atoms with E-state index in [0.717, 1.165) is 24.5 Å². The average Bonchev–Trinajstić information content (AvgIpc) is 2.78. The first-order valence-electron chi connectivity index (χ1n) is 11.2. The summed E-state index contributed by atoms with van der Waals surface area (Å²) in [6.45, 7) is 6.40. The topological polar surface area (TPSA) is 48.0 Å². The molecule has 0 aromatic heterocycles.